The van der Waals surface area contributed by atoms with Crippen LogP contribution in [-0.2, 0) is 4.79 Å². The molecule has 4 saturated carbocycles. The third kappa shape index (κ3) is 2.84. The molecule has 4 aliphatic rings. The Morgan fingerprint density at radius 2 is 1.71 bits per heavy atom. The number of furan rings is 1. The largest absolute Gasteiger partial charge is 0.451 e. The van der Waals surface area contributed by atoms with Crippen LogP contribution in [0.1, 0.15) is 42.7 Å². The molecule has 2 unspecified atom stereocenters. The molecule has 6 rings (SSSR count). The van der Waals surface area contributed by atoms with Crippen LogP contribution in [0.2, 0.25) is 5.02 Å². The summed E-state index contributed by atoms with van der Waals surface area (Å²) in [6.45, 7) is 0. The van der Waals surface area contributed by atoms with Crippen molar-refractivity contribution in [3.05, 3.63) is 47.2 Å². The summed E-state index contributed by atoms with van der Waals surface area (Å²) >= 11 is 5.93. The lowest BCUT2D eigenvalue weighted by Crippen LogP contribution is -2.62. The van der Waals surface area contributed by atoms with Crippen LogP contribution in [0.25, 0.3) is 11.3 Å². The molecule has 6 heteroatoms. The van der Waals surface area contributed by atoms with Gasteiger partial charge in [-0.25, -0.2) is 0 Å². The van der Waals surface area contributed by atoms with E-state index in [1.807, 2.05) is 12.1 Å². The summed E-state index contributed by atoms with van der Waals surface area (Å²) in [4.78, 5) is 24.9. The van der Waals surface area contributed by atoms with Crippen molar-refractivity contribution < 1.29 is 14.0 Å². The normalized spacial score (nSPS) is 33.0. The monoisotopic (exact) mass is 398 g/mol. The van der Waals surface area contributed by atoms with E-state index in [2.05, 4.69) is 5.32 Å². The lowest BCUT2D eigenvalue weighted by Gasteiger charge is -2.58. The van der Waals surface area contributed by atoms with E-state index in [1.54, 1.807) is 24.3 Å². The second-order valence-corrected chi connectivity index (χ2v) is 9.22. The molecule has 5 nitrogen and oxygen atoms in total. The van der Waals surface area contributed by atoms with E-state index in [1.165, 1.54) is 0 Å². The first-order valence-electron chi connectivity index (χ1n) is 9.90. The first-order chi connectivity index (χ1) is 13.4. The third-order valence-corrected chi connectivity index (χ3v) is 7.30. The highest BCUT2D eigenvalue weighted by Crippen LogP contribution is 2.59. The van der Waals surface area contributed by atoms with Crippen LogP contribution < -0.4 is 11.1 Å². The molecule has 1 aromatic heterocycles. The van der Waals surface area contributed by atoms with Crippen LogP contribution in [0.15, 0.2) is 40.8 Å². The fourth-order valence-corrected chi connectivity index (χ4v) is 6.14. The van der Waals surface area contributed by atoms with E-state index in [9.17, 15) is 9.59 Å². The van der Waals surface area contributed by atoms with Crippen molar-refractivity contribution in [2.24, 2.45) is 28.9 Å². The van der Waals surface area contributed by atoms with Crippen LogP contribution in [0.3, 0.4) is 0 Å². The Labute approximate surface area is 168 Å². The van der Waals surface area contributed by atoms with Gasteiger partial charge in [-0.05, 0) is 86.3 Å². The number of nitrogens with two attached hydrogens (primary N) is 1. The van der Waals surface area contributed by atoms with Gasteiger partial charge in [0, 0.05) is 22.0 Å². The van der Waals surface area contributed by atoms with Gasteiger partial charge in [-0.3, -0.25) is 9.59 Å². The quantitative estimate of drug-likeness (QED) is 0.815. The van der Waals surface area contributed by atoms with Crippen LogP contribution >= 0.6 is 11.6 Å². The van der Waals surface area contributed by atoms with Gasteiger partial charge in [-0.15, -0.1) is 0 Å². The molecule has 0 spiro atoms. The van der Waals surface area contributed by atoms with Gasteiger partial charge in [0.2, 0.25) is 5.91 Å². The number of hydrogen-bond acceptors (Lipinski definition) is 3. The Bertz CT molecular complexity index is 920. The van der Waals surface area contributed by atoms with E-state index in [0.717, 1.165) is 37.7 Å². The van der Waals surface area contributed by atoms with Gasteiger partial charge in [0.1, 0.15) is 5.76 Å². The predicted molar refractivity (Wildman–Crippen MR) is 106 cm³/mol. The number of carbonyl (C=O) groups is 2. The number of benzene rings is 1. The number of halogens is 1. The Morgan fingerprint density at radius 3 is 2.36 bits per heavy atom. The average Bonchev–Trinajstić information content (AvgIpc) is 3.15. The van der Waals surface area contributed by atoms with Gasteiger partial charge in [0.15, 0.2) is 5.76 Å². The summed E-state index contributed by atoms with van der Waals surface area (Å²) < 4.78 is 5.79. The Kier molecular flexibility index (Phi) is 4.05. The minimum atomic E-state index is -0.343. The average molecular weight is 399 g/mol. The van der Waals surface area contributed by atoms with Crippen LogP contribution in [0, 0.1) is 23.2 Å². The van der Waals surface area contributed by atoms with E-state index in [4.69, 9.17) is 21.8 Å². The number of nitrogens with one attached hydrogen (secondary N) is 1. The summed E-state index contributed by atoms with van der Waals surface area (Å²) in [5, 5.41) is 3.86. The smallest absolute Gasteiger partial charge is 0.287 e. The Balaban J connectivity index is 1.32. The summed E-state index contributed by atoms with van der Waals surface area (Å²) in [7, 11) is 0. The highest BCUT2D eigenvalue weighted by atomic mass is 35.5. The van der Waals surface area contributed by atoms with E-state index in [-0.39, 0.29) is 23.3 Å². The molecular formula is C22H23ClN2O3. The number of hydrogen-bond donors (Lipinski definition) is 2. The molecular weight excluding hydrogens is 376 g/mol. The summed E-state index contributed by atoms with van der Waals surface area (Å²) in [6, 6.07) is 10.9. The highest BCUT2D eigenvalue weighted by Gasteiger charge is 2.58. The SMILES string of the molecule is NC(=O)C12CC3CC(C1)C(NC(=O)c1ccc(-c4ccc(Cl)cc4)o1)C(C3)C2. The van der Waals surface area contributed by atoms with Crippen molar-refractivity contribution in [1.82, 2.24) is 5.32 Å². The van der Waals surface area contributed by atoms with E-state index >= 15 is 0 Å². The molecule has 3 N–H and O–H groups in total. The molecule has 0 radical (unpaired) electrons. The maximum Gasteiger partial charge on any atom is 0.287 e. The molecule has 0 aliphatic heterocycles. The predicted octanol–water partition coefficient (Wildman–Crippen LogP) is 4.01. The number of amides is 2. The van der Waals surface area contributed by atoms with Crippen molar-refractivity contribution in [2.45, 2.75) is 38.1 Å². The van der Waals surface area contributed by atoms with Crippen molar-refractivity contribution in [1.29, 1.82) is 0 Å². The summed E-state index contributed by atoms with van der Waals surface area (Å²) in [5.41, 5.74) is 6.28. The third-order valence-electron chi connectivity index (χ3n) is 7.05. The topological polar surface area (TPSA) is 85.3 Å². The standard InChI is InChI=1S/C22H23ClN2O3/c23-16-3-1-13(2-4-16)17-5-6-18(28-17)20(26)25-19-14-7-12-8-15(19)11-22(9-12,10-14)21(24)27/h1-6,12,14-15,19H,7-11H2,(H2,24,27)(H,25,26). The minimum Gasteiger partial charge on any atom is -0.451 e. The lowest BCUT2D eigenvalue weighted by molar-refractivity contribution is -0.145. The molecule has 4 aliphatic carbocycles. The van der Waals surface area contributed by atoms with E-state index < -0.39 is 0 Å². The van der Waals surface area contributed by atoms with Crippen molar-refractivity contribution in [3.8, 4) is 11.3 Å². The Morgan fingerprint density at radius 1 is 1.04 bits per heavy atom. The maximum absolute atomic E-state index is 12.8. The number of rotatable bonds is 4. The van der Waals surface area contributed by atoms with Crippen LogP contribution in [-0.4, -0.2) is 17.9 Å². The fourth-order valence-electron chi connectivity index (χ4n) is 6.01. The maximum atomic E-state index is 12.8. The molecule has 28 heavy (non-hydrogen) atoms. The van der Waals surface area contributed by atoms with Gasteiger partial charge in [-0.1, -0.05) is 11.6 Å². The zero-order chi connectivity index (χ0) is 19.5. The second kappa shape index (κ2) is 6.38. The fraction of sp³-hybridized carbons (Fsp3) is 0.455. The molecule has 1 aromatic carbocycles. The zero-order valence-electron chi connectivity index (χ0n) is 15.5. The summed E-state index contributed by atoms with van der Waals surface area (Å²) in [5.74, 6) is 1.82. The van der Waals surface area contributed by atoms with E-state index in [0.29, 0.717) is 34.3 Å². The molecule has 2 atom stereocenters. The zero-order valence-corrected chi connectivity index (χ0v) is 16.2. The van der Waals surface area contributed by atoms with Crippen LogP contribution in [0.5, 0.6) is 0 Å². The van der Waals surface area contributed by atoms with Crippen molar-refractivity contribution >= 4 is 23.4 Å². The molecule has 1 heterocycles. The lowest BCUT2D eigenvalue weighted by atomic mass is 9.47. The van der Waals surface area contributed by atoms with Gasteiger partial charge in [0.05, 0.1) is 0 Å². The van der Waals surface area contributed by atoms with Gasteiger partial charge in [-0.2, -0.15) is 0 Å². The van der Waals surface area contributed by atoms with Gasteiger partial charge >= 0.3 is 0 Å². The molecule has 2 amide bonds. The van der Waals surface area contributed by atoms with Gasteiger partial charge < -0.3 is 15.5 Å². The molecule has 0 saturated heterocycles. The van der Waals surface area contributed by atoms with Crippen LogP contribution in [0.4, 0.5) is 0 Å². The first kappa shape index (κ1) is 17.8. The number of carbonyl (C=O) groups excluding carboxylic acids is 2. The molecule has 4 fully saturated rings. The van der Waals surface area contributed by atoms with Crippen molar-refractivity contribution in [2.75, 3.05) is 0 Å². The molecule has 2 aromatic rings. The van der Waals surface area contributed by atoms with Gasteiger partial charge in [0.25, 0.3) is 5.91 Å². The molecule has 4 bridgehead atoms. The minimum absolute atomic E-state index is 0.0978. The highest BCUT2D eigenvalue weighted by molar-refractivity contribution is 6.30. The Hall–Kier alpha value is -2.27. The first-order valence-corrected chi connectivity index (χ1v) is 10.3. The summed E-state index contributed by atoms with van der Waals surface area (Å²) in [6.07, 6.45) is 4.68. The van der Waals surface area contributed by atoms with Crippen molar-refractivity contribution in [3.63, 3.8) is 0 Å². The number of primary amides is 1. The second-order valence-electron chi connectivity index (χ2n) is 8.78. The molecule has 146 valence electrons.